The van der Waals surface area contributed by atoms with Crippen LogP contribution in [0.5, 0.6) is 0 Å². The Kier molecular flexibility index (Phi) is 4.26. The molecule has 1 aliphatic rings. The smallest absolute Gasteiger partial charge is 0.108 e. The van der Waals surface area contributed by atoms with Crippen molar-refractivity contribution in [3.63, 3.8) is 0 Å². The lowest BCUT2D eigenvalue weighted by molar-refractivity contribution is 0.364. The number of nitrogens with two attached hydrogens (primary N) is 1. The van der Waals surface area contributed by atoms with E-state index in [1.54, 1.807) is 0 Å². The fourth-order valence-electron chi connectivity index (χ4n) is 2.25. The van der Waals surface area contributed by atoms with Crippen LogP contribution in [0.4, 0.5) is 0 Å². The van der Waals surface area contributed by atoms with Crippen molar-refractivity contribution in [3.05, 3.63) is 18.2 Å². The number of aryl methyl sites for hydroxylation is 2. The molecule has 0 aliphatic carbocycles. The van der Waals surface area contributed by atoms with E-state index in [0.717, 1.165) is 24.6 Å². The van der Waals surface area contributed by atoms with Gasteiger partial charge in [0.25, 0.3) is 0 Å². The summed E-state index contributed by atoms with van der Waals surface area (Å²) in [6, 6.07) is 0.437. The molecule has 0 radical (unpaired) electrons. The highest BCUT2D eigenvalue weighted by Gasteiger charge is 2.24. The molecular formula is C11H20N4S. The van der Waals surface area contributed by atoms with Gasteiger partial charge in [0, 0.05) is 31.9 Å². The number of aromatic nitrogens is 2. The molecule has 1 aromatic heterocycles. The van der Waals surface area contributed by atoms with E-state index in [1.807, 2.05) is 31.2 Å². The van der Waals surface area contributed by atoms with Crippen molar-refractivity contribution in [2.24, 2.45) is 18.8 Å². The Labute approximate surface area is 101 Å². The Morgan fingerprint density at radius 3 is 3.19 bits per heavy atom. The van der Waals surface area contributed by atoms with E-state index in [2.05, 4.69) is 15.0 Å². The van der Waals surface area contributed by atoms with Gasteiger partial charge in [0.15, 0.2) is 0 Å². The highest BCUT2D eigenvalue weighted by molar-refractivity contribution is 7.99. The first-order chi connectivity index (χ1) is 7.81. The second-order valence-electron chi connectivity index (χ2n) is 4.39. The molecule has 3 N–H and O–H groups in total. The van der Waals surface area contributed by atoms with Gasteiger partial charge in [-0.05, 0) is 30.3 Å². The maximum atomic E-state index is 5.64. The van der Waals surface area contributed by atoms with Gasteiger partial charge < -0.3 is 4.57 Å². The highest BCUT2D eigenvalue weighted by atomic mass is 32.2. The van der Waals surface area contributed by atoms with Gasteiger partial charge in [-0.3, -0.25) is 11.3 Å². The van der Waals surface area contributed by atoms with Gasteiger partial charge in [0.2, 0.25) is 0 Å². The van der Waals surface area contributed by atoms with Crippen molar-refractivity contribution in [2.45, 2.75) is 25.3 Å². The molecule has 0 spiro atoms. The first-order valence-corrected chi connectivity index (χ1v) is 6.97. The van der Waals surface area contributed by atoms with E-state index in [9.17, 15) is 0 Å². The number of hydrogen-bond acceptors (Lipinski definition) is 4. The maximum absolute atomic E-state index is 5.64. The normalized spacial score (nSPS) is 22.5. The Morgan fingerprint density at radius 2 is 2.62 bits per heavy atom. The minimum atomic E-state index is 0.437. The van der Waals surface area contributed by atoms with Crippen molar-refractivity contribution >= 4 is 11.8 Å². The first-order valence-electron chi connectivity index (χ1n) is 5.81. The summed E-state index contributed by atoms with van der Waals surface area (Å²) in [6.45, 7) is 0. The summed E-state index contributed by atoms with van der Waals surface area (Å²) in [4.78, 5) is 4.34. The van der Waals surface area contributed by atoms with Gasteiger partial charge >= 0.3 is 0 Å². The number of hydrogen-bond donors (Lipinski definition) is 2. The number of rotatable bonds is 5. The van der Waals surface area contributed by atoms with Gasteiger partial charge in [-0.1, -0.05) is 0 Å². The van der Waals surface area contributed by atoms with E-state index in [-0.39, 0.29) is 0 Å². The monoisotopic (exact) mass is 240 g/mol. The minimum Gasteiger partial charge on any atom is -0.338 e. The van der Waals surface area contributed by atoms with Crippen molar-refractivity contribution < 1.29 is 0 Å². The summed E-state index contributed by atoms with van der Waals surface area (Å²) in [5.74, 6) is 10.0. The van der Waals surface area contributed by atoms with Crippen LogP contribution >= 0.6 is 11.8 Å². The molecule has 90 valence electrons. The lowest BCUT2D eigenvalue weighted by Crippen LogP contribution is -2.41. The number of thioether (sulfide) groups is 1. The Balaban J connectivity index is 1.85. The lowest BCUT2D eigenvalue weighted by atomic mass is 9.95. The largest absolute Gasteiger partial charge is 0.338 e. The zero-order valence-electron chi connectivity index (χ0n) is 9.72. The second-order valence-corrected chi connectivity index (χ2v) is 5.54. The standard InChI is InChI=1S/C11H20N4S/c1-15-6-5-13-11(15)3-2-10(14-12)9-4-7-16-8-9/h5-6,9-10,14H,2-4,7-8,12H2,1H3. The number of hydrazine groups is 1. The molecule has 1 saturated heterocycles. The number of imidazole rings is 1. The quantitative estimate of drug-likeness (QED) is 0.594. The average molecular weight is 240 g/mol. The van der Waals surface area contributed by atoms with E-state index in [4.69, 9.17) is 5.84 Å². The van der Waals surface area contributed by atoms with Gasteiger partial charge in [0.1, 0.15) is 5.82 Å². The molecule has 5 heteroatoms. The van der Waals surface area contributed by atoms with Crippen LogP contribution in [0, 0.1) is 5.92 Å². The average Bonchev–Trinajstić information content (AvgIpc) is 2.92. The number of nitrogens with one attached hydrogen (secondary N) is 1. The topological polar surface area (TPSA) is 55.9 Å². The van der Waals surface area contributed by atoms with Gasteiger partial charge in [-0.15, -0.1) is 0 Å². The summed E-state index contributed by atoms with van der Waals surface area (Å²) >= 11 is 2.04. The third-order valence-corrected chi connectivity index (χ3v) is 4.54. The molecule has 2 atom stereocenters. The summed E-state index contributed by atoms with van der Waals surface area (Å²) in [6.07, 6.45) is 7.21. The Hall–Kier alpha value is -0.520. The summed E-state index contributed by atoms with van der Waals surface area (Å²) in [7, 11) is 2.04. The first kappa shape index (κ1) is 12.0. The fourth-order valence-corrected chi connectivity index (χ4v) is 3.58. The van der Waals surface area contributed by atoms with Crippen LogP contribution < -0.4 is 11.3 Å². The molecule has 1 aliphatic heterocycles. The summed E-state index contributed by atoms with van der Waals surface area (Å²) < 4.78 is 2.08. The molecule has 4 nitrogen and oxygen atoms in total. The molecule has 0 saturated carbocycles. The van der Waals surface area contributed by atoms with Crippen LogP contribution in [-0.2, 0) is 13.5 Å². The third-order valence-electron chi connectivity index (χ3n) is 3.35. The zero-order chi connectivity index (χ0) is 11.4. The molecular weight excluding hydrogens is 220 g/mol. The SMILES string of the molecule is Cn1ccnc1CCC(NN)C1CCSC1. The molecule has 2 rings (SSSR count). The van der Waals surface area contributed by atoms with Crippen LogP contribution in [0.15, 0.2) is 12.4 Å². The Bertz CT molecular complexity index is 320. The van der Waals surface area contributed by atoms with Crippen LogP contribution in [0.3, 0.4) is 0 Å². The Morgan fingerprint density at radius 1 is 1.75 bits per heavy atom. The number of nitrogens with zero attached hydrogens (tertiary/aromatic N) is 2. The lowest BCUT2D eigenvalue weighted by Gasteiger charge is -2.21. The van der Waals surface area contributed by atoms with Crippen LogP contribution in [0.1, 0.15) is 18.7 Å². The highest BCUT2D eigenvalue weighted by Crippen LogP contribution is 2.27. The zero-order valence-corrected chi connectivity index (χ0v) is 10.5. The predicted octanol–water partition coefficient (Wildman–Crippen LogP) is 0.938. The predicted molar refractivity (Wildman–Crippen MR) is 68.1 cm³/mol. The van der Waals surface area contributed by atoms with Crippen molar-refractivity contribution in [3.8, 4) is 0 Å². The third kappa shape index (κ3) is 2.78. The van der Waals surface area contributed by atoms with Crippen LogP contribution in [-0.4, -0.2) is 27.1 Å². The molecule has 1 fully saturated rings. The second kappa shape index (κ2) is 5.70. The molecule has 2 unspecified atom stereocenters. The maximum Gasteiger partial charge on any atom is 0.108 e. The minimum absolute atomic E-state index is 0.437. The molecule has 0 bridgehead atoms. The van der Waals surface area contributed by atoms with Gasteiger partial charge in [0.05, 0.1) is 0 Å². The van der Waals surface area contributed by atoms with Crippen LogP contribution in [0.2, 0.25) is 0 Å². The summed E-state index contributed by atoms with van der Waals surface area (Å²) in [5.41, 5.74) is 2.98. The van der Waals surface area contributed by atoms with Crippen LogP contribution in [0.25, 0.3) is 0 Å². The van der Waals surface area contributed by atoms with E-state index < -0.39 is 0 Å². The van der Waals surface area contributed by atoms with E-state index in [1.165, 1.54) is 17.9 Å². The molecule has 0 amide bonds. The van der Waals surface area contributed by atoms with E-state index >= 15 is 0 Å². The summed E-state index contributed by atoms with van der Waals surface area (Å²) in [5, 5.41) is 0. The molecule has 0 aromatic carbocycles. The van der Waals surface area contributed by atoms with Gasteiger partial charge in [-0.2, -0.15) is 11.8 Å². The fraction of sp³-hybridized carbons (Fsp3) is 0.727. The molecule has 16 heavy (non-hydrogen) atoms. The van der Waals surface area contributed by atoms with Gasteiger partial charge in [-0.25, -0.2) is 4.98 Å². The molecule has 1 aromatic rings. The van der Waals surface area contributed by atoms with Crippen molar-refractivity contribution in [2.75, 3.05) is 11.5 Å². The molecule has 2 heterocycles. The van der Waals surface area contributed by atoms with E-state index in [0.29, 0.717) is 6.04 Å². The van der Waals surface area contributed by atoms with Crippen molar-refractivity contribution in [1.82, 2.24) is 15.0 Å². The van der Waals surface area contributed by atoms with Crippen molar-refractivity contribution in [1.29, 1.82) is 0 Å².